The van der Waals surface area contributed by atoms with Crippen LogP contribution in [0, 0.1) is 15.9 Å². The lowest BCUT2D eigenvalue weighted by Crippen LogP contribution is -2.02. The van der Waals surface area contributed by atoms with Crippen LogP contribution >= 0.6 is 27.3 Å². The summed E-state index contributed by atoms with van der Waals surface area (Å²) in [7, 11) is 0. The molecule has 0 radical (unpaired) electrons. The molecule has 2 aromatic rings. The molecule has 5 nitrogen and oxygen atoms in total. The van der Waals surface area contributed by atoms with Crippen molar-refractivity contribution in [2.24, 2.45) is 0 Å². The molecule has 1 aromatic carbocycles. The zero-order chi connectivity index (χ0) is 13.1. The number of hydrogen-bond acceptors (Lipinski definition) is 5. The van der Waals surface area contributed by atoms with Crippen molar-refractivity contribution in [1.29, 1.82) is 0 Å². The number of nitrogens with one attached hydrogen (secondary N) is 1. The van der Waals surface area contributed by atoms with Crippen LogP contribution in [0.1, 0.15) is 4.88 Å². The molecular formula is C10H7BrFN3O2S. The molecule has 18 heavy (non-hydrogen) atoms. The van der Waals surface area contributed by atoms with Gasteiger partial charge in [0.15, 0.2) is 0 Å². The van der Waals surface area contributed by atoms with Gasteiger partial charge < -0.3 is 5.32 Å². The predicted molar refractivity (Wildman–Crippen MR) is 70.2 cm³/mol. The zero-order valence-electron chi connectivity index (χ0n) is 8.89. The van der Waals surface area contributed by atoms with Crippen LogP contribution in [0.2, 0.25) is 0 Å². The van der Waals surface area contributed by atoms with Crippen molar-refractivity contribution in [3.63, 3.8) is 0 Å². The Morgan fingerprint density at radius 2 is 2.33 bits per heavy atom. The van der Waals surface area contributed by atoms with Gasteiger partial charge in [0.25, 0.3) is 5.69 Å². The normalized spacial score (nSPS) is 10.3. The van der Waals surface area contributed by atoms with Crippen LogP contribution < -0.4 is 5.32 Å². The molecule has 0 aliphatic rings. The summed E-state index contributed by atoms with van der Waals surface area (Å²) in [5, 5.41) is 13.7. The summed E-state index contributed by atoms with van der Waals surface area (Å²) in [6.45, 7) is 0.368. The van der Waals surface area contributed by atoms with Gasteiger partial charge in [-0.3, -0.25) is 15.1 Å². The maximum absolute atomic E-state index is 13.4. The second-order valence-electron chi connectivity index (χ2n) is 3.36. The minimum atomic E-state index is -0.556. The Morgan fingerprint density at radius 1 is 1.56 bits per heavy atom. The molecular weight excluding hydrogens is 325 g/mol. The van der Waals surface area contributed by atoms with E-state index in [0.717, 1.165) is 17.0 Å². The first-order valence-electron chi connectivity index (χ1n) is 4.82. The van der Waals surface area contributed by atoms with E-state index in [1.165, 1.54) is 11.3 Å². The van der Waals surface area contributed by atoms with E-state index in [1.807, 2.05) is 0 Å². The first-order valence-corrected chi connectivity index (χ1v) is 6.50. The highest BCUT2D eigenvalue weighted by molar-refractivity contribution is 9.10. The summed E-state index contributed by atoms with van der Waals surface area (Å²) in [5.74, 6) is -0.549. The van der Waals surface area contributed by atoms with E-state index in [2.05, 4.69) is 26.2 Å². The van der Waals surface area contributed by atoms with Gasteiger partial charge in [-0.05, 0) is 15.9 Å². The number of anilines is 1. The fourth-order valence-corrected chi connectivity index (χ4v) is 2.21. The Balaban J connectivity index is 2.25. The molecule has 0 fully saturated rings. The quantitative estimate of drug-likeness (QED) is 0.687. The largest absolute Gasteiger partial charge is 0.374 e. The number of nitrogens with zero attached hydrogens (tertiary/aromatic N) is 2. The number of halogens is 2. The van der Waals surface area contributed by atoms with E-state index in [9.17, 15) is 14.5 Å². The molecule has 0 unspecified atom stereocenters. The number of aromatic nitrogens is 1. The molecule has 0 atom stereocenters. The van der Waals surface area contributed by atoms with Crippen molar-refractivity contribution in [1.82, 2.24) is 4.98 Å². The highest BCUT2D eigenvalue weighted by Gasteiger charge is 2.17. The highest BCUT2D eigenvalue weighted by Crippen LogP contribution is 2.31. The summed E-state index contributed by atoms with van der Waals surface area (Å²) in [6, 6.07) is 2.24. The number of nitro groups is 1. The molecule has 1 heterocycles. The van der Waals surface area contributed by atoms with Crippen molar-refractivity contribution in [2.75, 3.05) is 5.32 Å². The molecule has 0 saturated heterocycles. The lowest BCUT2D eigenvalue weighted by atomic mass is 10.2. The van der Waals surface area contributed by atoms with Gasteiger partial charge in [0, 0.05) is 23.2 Å². The van der Waals surface area contributed by atoms with Gasteiger partial charge in [-0.15, -0.1) is 11.3 Å². The number of rotatable bonds is 4. The number of nitro benzene ring substituents is 1. The zero-order valence-corrected chi connectivity index (χ0v) is 11.3. The summed E-state index contributed by atoms with van der Waals surface area (Å²) in [4.78, 5) is 15.1. The topological polar surface area (TPSA) is 68.1 Å². The Labute approximate surface area is 114 Å². The van der Waals surface area contributed by atoms with Gasteiger partial charge in [0.05, 0.1) is 21.5 Å². The fourth-order valence-electron chi connectivity index (χ4n) is 1.34. The third-order valence-corrected chi connectivity index (χ3v) is 3.56. The lowest BCUT2D eigenvalue weighted by molar-refractivity contribution is -0.384. The van der Waals surface area contributed by atoms with Crippen LogP contribution in [-0.4, -0.2) is 9.91 Å². The monoisotopic (exact) mass is 331 g/mol. The van der Waals surface area contributed by atoms with Crippen LogP contribution in [0.25, 0.3) is 0 Å². The molecule has 1 N–H and O–H groups in total. The molecule has 2 rings (SSSR count). The number of benzene rings is 1. The van der Waals surface area contributed by atoms with Crippen LogP contribution in [-0.2, 0) is 6.54 Å². The van der Waals surface area contributed by atoms with Crippen molar-refractivity contribution in [3.05, 3.63) is 49.1 Å². The summed E-state index contributed by atoms with van der Waals surface area (Å²) in [6.07, 6.45) is 1.65. The molecule has 0 spiro atoms. The van der Waals surface area contributed by atoms with Crippen LogP contribution in [0.15, 0.2) is 28.3 Å². The first kappa shape index (κ1) is 12.9. The van der Waals surface area contributed by atoms with Gasteiger partial charge in [0.1, 0.15) is 11.5 Å². The third-order valence-electron chi connectivity index (χ3n) is 2.17. The Hall–Kier alpha value is -1.54. The van der Waals surface area contributed by atoms with Gasteiger partial charge in [-0.2, -0.15) is 0 Å². The van der Waals surface area contributed by atoms with E-state index in [1.54, 1.807) is 11.7 Å². The maximum Gasteiger partial charge on any atom is 0.293 e. The minimum Gasteiger partial charge on any atom is -0.374 e. The predicted octanol–water partition coefficient (Wildman–Crippen LogP) is 3.57. The summed E-state index contributed by atoms with van der Waals surface area (Å²) >= 11 is 4.34. The highest BCUT2D eigenvalue weighted by atomic mass is 79.9. The molecule has 0 aliphatic heterocycles. The lowest BCUT2D eigenvalue weighted by Gasteiger charge is -2.06. The second-order valence-corrected chi connectivity index (χ2v) is 5.19. The smallest absolute Gasteiger partial charge is 0.293 e. The van der Waals surface area contributed by atoms with E-state index in [-0.39, 0.29) is 15.8 Å². The van der Waals surface area contributed by atoms with Crippen molar-refractivity contribution in [3.8, 4) is 0 Å². The standard InChI is InChI=1S/C10H7BrFN3O2S/c11-7-1-10(15(16)17)9(2-8(7)12)14-4-6-3-13-5-18-6/h1-3,5,14H,4H2. The van der Waals surface area contributed by atoms with Crippen molar-refractivity contribution < 1.29 is 9.31 Å². The van der Waals surface area contributed by atoms with Gasteiger partial charge in [-0.1, -0.05) is 0 Å². The minimum absolute atomic E-state index is 0.0672. The van der Waals surface area contributed by atoms with E-state index >= 15 is 0 Å². The number of thiazole rings is 1. The molecule has 0 bridgehead atoms. The molecule has 0 saturated carbocycles. The Bertz CT molecular complexity index is 577. The second kappa shape index (κ2) is 5.40. The average Bonchev–Trinajstić information content (AvgIpc) is 2.83. The third kappa shape index (κ3) is 2.82. The van der Waals surface area contributed by atoms with Crippen LogP contribution in [0.3, 0.4) is 0 Å². The molecule has 8 heteroatoms. The Morgan fingerprint density at radius 3 is 2.94 bits per heavy atom. The van der Waals surface area contributed by atoms with E-state index in [4.69, 9.17) is 0 Å². The number of hydrogen-bond donors (Lipinski definition) is 1. The summed E-state index contributed by atoms with van der Waals surface area (Å²) < 4.78 is 13.4. The summed E-state index contributed by atoms with van der Waals surface area (Å²) in [5.41, 5.74) is 1.63. The molecule has 0 aliphatic carbocycles. The van der Waals surface area contributed by atoms with E-state index < -0.39 is 10.7 Å². The van der Waals surface area contributed by atoms with Gasteiger partial charge >= 0.3 is 0 Å². The van der Waals surface area contributed by atoms with Gasteiger partial charge in [0.2, 0.25) is 0 Å². The fraction of sp³-hybridized carbons (Fsp3) is 0.100. The van der Waals surface area contributed by atoms with Gasteiger partial charge in [-0.25, -0.2) is 4.39 Å². The average molecular weight is 332 g/mol. The first-order chi connectivity index (χ1) is 8.58. The molecule has 94 valence electrons. The molecule has 0 amide bonds. The SMILES string of the molecule is O=[N+]([O-])c1cc(Br)c(F)cc1NCc1cncs1. The van der Waals surface area contributed by atoms with Crippen molar-refractivity contribution >= 4 is 38.6 Å². The molecule has 1 aromatic heterocycles. The maximum atomic E-state index is 13.4. The van der Waals surface area contributed by atoms with Crippen LogP contribution in [0.4, 0.5) is 15.8 Å². The Kier molecular flexibility index (Phi) is 3.87. The van der Waals surface area contributed by atoms with Crippen molar-refractivity contribution in [2.45, 2.75) is 6.54 Å². The van der Waals surface area contributed by atoms with E-state index in [0.29, 0.717) is 6.54 Å². The van der Waals surface area contributed by atoms with Crippen LogP contribution in [0.5, 0.6) is 0 Å².